The molecular formula is C16H25BrF3NO2S. The summed E-state index contributed by atoms with van der Waals surface area (Å²) in [5, 5.41) is 10.0. The van der Waals surface area contributed by atoms with E-state index in [0.717, 1.165) is 26.8 Å². The first-order valence-corrected chi connectivity index (χ1v) is 9.48. The lowest BCUT2D eigenvalue weighted by atomic mass is 9.72. The predicted molar refractivity (Wildman–Crippen MR) is 95.2 cm³/mol. The molecule has 0 spiro atoms. The van der Waals surface area contributed by atoms with E-state index in [4.69, 9.17) is 0 Å². The fraction of sp³-hybridized carbons (Fsp3) is 0.750. The predicted octanol–water partition coefficient (Wildman–Crippen LogP) is 4.01. The summed E-state index contributed by atoms with van der Waals surface area (Å²) in [6, 6.07) is 0. The van der Waals surface area contributed by atoms with Gasteiger partial charge in [0, 0.05) is 21.8 Å². The highest BCUT2D eigenvalue weighted by molar-refractivity contribution is 9.11. The molecule has 4 atom stereocenters. The Morgan fingerprint density at radius 3 is 2.12 bits per heavy atom. The molecule has 0 saturated heterocycles. The third kappa shape index (κ3) is 4.20. The second-order valence-electron chi connectivity index (χ2n) is 7.70. The maximum atomic E-state index is 15.1. The molecule has 140 valence electrons. The molecule has 0 fully saturated rings. The summed E-state index contributed by atoms with van der Waals surface area (Å²) >= 11 is 1.28. The molecule has 8 heteroatoms. The lowest BCUT2D eigenvalue weighted by Crippen LogP contribution is -2.71. The van der Waals surface area contributed by atoms with E-state index < -0.39 is 45.3 Å². The molecule has 0 radical (unpaired) electrons. The summed E-state index contributed by atoms with van der Waals surface area (Å²) in [5.74, 6) is -5.10. The summed E-state index contributed by atoms with van der Waals surface area (Å²) in [4.78, 5) is 0. The molecule has 0 amide bonds. The quantitative estimate of drug-likeness (QED) is 0.646. The van der Waals surface area contributed by atoms with Gasteiger partial charge in [0.1, 0.15) is 22.1 Å². The highest BCUT2D eigenvalue weighted by Gasteiger charge is 2.66. The number of allylic oxidation sites excluding steroid dienone is 3. The van der Waals surface area contributed by atoms with E-state index in [0.29, 0.717) is 4.48 Å². The Balaban J connectivity index is 3.45. The number of aliphatic hydroxyl groups is 1. The zero-order chi connectivity index (χ0) is 19.1. The van der Waals surface area contributed by atoms with Crippen LogP contribution in [-0.4, -0.2) is 37.6 Å². The number of hydrogen-bond acceptors (Lipinski definition) is 3. The van der Waals surface area contributed by atoms with Crippen LogP contribution in [-0.2, 0) is 11.4 Å². The largest absolute Gasteiger partial charge is 0.598 e. The molecule has 2 N–H and O–H groups in total. The molecule has 1 aliphatic rings. The summed E-state index contributed by atoms with van der Waals surface area (Å²) in [7, 11) is 0. The average Bonchev–Trinajstić information content (AvgIpc) is 2.38. The van der Waals surface area contributed by atoms with Crippen molar-refractivity contribution < 1.29 is 22.8 Å². The van der Waals surface area contributed by atoms with Crippen LogP contribution in [0.3, 0.4) is 0 Å². The van der Waals surface area contributed by atoms with Crippen molar-refractivity contribution in [2.75, 3.05) is 0 Å². The molecular weight excluding hydrogens is 407 g/mol. The van der Waals surface area contributed by atoms with Gasteiger partial charge in [0.15, 0.2) is 0 Å². The summed E-state index contributed by atoms with van der Waals surface area (Å²) in [5.41, 5.74) is -4.73. The summed E-state index contributed by atoms with van der Waals surface area (Å²) in [6.45, 7) is 7.88. The van der Waals surface area contributed by atoms with Gasteiger partial charge in [-0.3, -0.25) is 0 Å². The standard InChI is InChI=1S/C16H25BrF3NO2S/c1-13(2,3)24(23)21-15(6,16(19,20)14(4,5)22)11-9-10(17)7-8-12(11)18/h7-9,11-12,21-22H,1-6H3/t11?,12?,15-,24-/m1/s1. The normalized spacial score (nSPS) is 26.8. The minimum atomic E-state index is -3.77. The lowest BCUT2D eigenvalue weighted by Gasteiger charge is -2.48. The zero-order valence-electron chi connectivity index (χ0n) is 14.7. The van der Waals surface area contributed by atoms with Crippen LogP contribution in [0.25, 0.3) is 0 Å². The molecule has 1 rings (SSSR count). The van der Waals surface area contributed by atoms with Crippen LogP contribution in [0.1, 0.15) is 41.5 Å². The number of nitrogens with one attached hydrogen (secondary N) is 1. The van der Waals surface area contributed by atoms with Gasteiger partial charge in [-0.15, -0.1) is 4.72 Å². The topological polar surface area (TPSA) is 55.3 Å². The number of hydrogen-bond donors (Lipinski definition) is 2. The smallest absolute Gasteiger partial charge is 0.298 e. The van der Waals surface area contributed by atoms with Crippen molar-refractivity contribution in [2.45, 2.75) is 69.5 Å². The van der Waals surface area contributed by atoms with Crippen LogP contribution < -0.4 is 4.72 Å². The molecule has 1 aliphatic carbocycles. The lowest BCUT2D eigenvalue weighted by molar-refractivity contribution is -0.213. The van der Waals surface area contributed by atoms with Gasteiger partial charge in [0.05, 0.1) is 0 Å². The summed E-state index contributed by atoms with van der Waals surface area (Å²) in [6.07, 6.45) is 2.20. The molecule has 0 aromatic carbocycles. The van der Waals surface area contributed by atoms with Crippen LogP contribution >= 0.6 is 15.9 Å². The first-order chi connectivity index (χ1) is 10.5. The molecule has 0 aromatic rings. The van der Waals surface area contributed by atoms with E-state index in [9.17, 15) is 14.0 Å². The van der Waals surface area contributed by atoms with Crippen molar-refractivity contribution >= 4 is 27.3 Å². The van der Waals surface area contributed by atoms with Gasteiger partial charge in [-0.05, 0) is 53.7 Å². The van der Waals surface area contributed by atoms with Crippen molar-refractivity contribution in [3.63, 3.8) is 0 Å². The minimum Gasteiger partial charge on any atom is -0.598 e. The van der Waals surface area contributed by atoms with Crippen molar-refractivity contribution in [2.24, 2.45) is 5.92 Å². The van der Waals surface area contributed by atoms with Gasteiger partial charge in [-0.25, -0.2) is 13.2 Å². The van der Waals surface area contributed by atoms with E-state index in [1.54, 1.807) is 20.8 Å². The SMILES string of the molecule is CC(C)(C)[S@@+]([O-])N[C@](C)(C1C=C(Br)C=CC1F)C(F)(F)C(C)(C)O. The number of alkyl halides is 3. The van der Waals surface area contributed by atoms with Crippen molar-refractivity contribution in [3.8, 4) is 0 Å². The Kier molecular flexibility index (Phi) is 6.37. The van der Waals surface area contributed by atoms with Gasteiger partial charge in [0.25, 0.3) is 5.92 Å². The highest BCUT2D eigenvalue weighted by atomic mass is 79.9. The second kappa shape index (κ2) is 6.95. The van der Waals surface area contributed by atoms with Gasteiger partial charge in [-0.2, -0.15) is 0 Å². The molecule has 0 saturated carbocycles. The molecule has 2 unspecified atom stereocenters. The monoisotopic (exact) mass is 431 g/mol. The highest BCUT2D eigenvalue weighted by Crippen LogP contribution is 2.47. The third-order valence-corrected chi connectivity index (χ3v) is 6.32. The third-order valence-electron chi connectivity index (χ3n) is 4.07. The molecule has 24 heavy (non-hydrogen) atoms. The Bertz CT molecular complexity index is 528. The van der Waals surface area contributed by atoms with Crippen molar-refractivity contribution in [1.82, 2.24) is 4.72 Å². The first-order valence-electron chi connectivity index (χ1n) is 7.53. The fourth-order valence-corrected chi connectivity index (χ4v) is 3.82. The summed E-state index contributed by atoms with van der Waals surface area (Å²) < 4.78 is 59.3. The minimum absolute atomic E-state index is 0.447. The molecule has 0 aliphatic heterocycles. The molecule has 0 bridgehead atoms. The Morgan fingerprint density at radius 1 is 1.21 bits per heavy atom. The van der Waals surface area contributed by atoms with Crippen molar-refractivity contribution in [3.05, 3.63) is 22.7 Å². The van der Waals surface area contributed by atoms with Crippen LogP contribution in [0.15, 0.2) is 22.7 Å². The van der Waals surface area contributed by atoms with Gasteiger partial charge in [-0.1, -0.05) is 22.0 Å². The van der Waals surface area contributed by atoms with E-state index >= 15 is 8.78 Å². The fourth-order valence-electron chi connectivity index (χ4n) is 2.43. The van der Waals surface area contributed by atoms with Crippen LogP contribution in [0.4, 0.5) is 13.2 Å². The van der Waals surface area contributed by atoms with E-state index in [2.05, 4.69) is 20.7 Å². The van der Waals surface area contributed by atoms with Crippen LogP contribution in [0.5, 0.6) is 0 Å². The van der Waals surface area contributed by atoms with E-state index in [1.165, 1.54) is 12.2 Å². The van der Waals surface area contributed by atoms with Gasteiger partial charge >= 0.3 is 0 Å². The number of rotatable bonds is 5. The van der Waals surface area contributed by atoms with Gasteiger partial charge in [0.2, 0.25) is 0 Å². The average molecular weight is 432 g/mol. The van der Waals surface area contributed by atoms with Crippen LogP contribution in [0, 0.1) is 5.92 Å². The van der Waals surface area contributed by atoms with E-state index in [-0.39, 0.29) is 0 Å². The number of halogens is 4. The Labute approximate surface area is 153 Å². The van der Waals surface area contributed by atoms with Gasteiger partial charge < -0.3 is 9.66 Å². The van der Waals surface area contributed by atoms with E-state index in [1.807, 2.05) is 0 Å². The molecule has 0 aromatic heterocycles. The van der Waals surface area contributed by atoms with Crippen LogP contribution in [0.2, 0.25) is 0 Å². The first kappa shape index (κ1) is 22.0. The molecule has 0 heterocycles. The maximum absolute atomic E-state index is 15.1. The second-order valence-corrected chi connectivity index (χ2v) is 10.6. The Hall–Kier alpha value is -0.0200. The van der Waals surface area contributed by atoms with Crippen molar-refractivity contribution in [1.29, 1.82) is 0 Å². The maximum Gasteiger partial charge on any atom is 0.298 e. The Morgan fingerprint density at radius 2 is 1.71 bits per heavy atom. The zero-order valence-corrected chi connectivity index (χ0v) is 17.1. The molecule has 3 nitrogen and oxygen atoms in total.